The van der Waals surface area contributed by atoms with Crippen molar-refractivity contribution in [1.82, 2.24) is 0 Å². The fourth-order valence-corrected chi connectivity index (χ4v) is 1.46. The molecule has 0 saturated carbocycles. The number of nitrogens with two attached hydrogens (primary N) is 1. The van der Waals surface area contributed by atoms with Crippen LogP contribution in [0.2, 0.25) is 0 Å². The van der Waals surface area contributed by atoms with Gasteiger partial charge in [0.1, 0.15) is 0 Å². The molecule has 0 aliphatic carbocycles. The van der Waals surface area contributed by atoms with E-state index in [2.05, 4.69) is 19.2 Å². The van der Waals surface area contributed by atoms with Crippen LogP contribution in [0.1, 0.15) is 25.8 Å². The minimum absolute atomic E-state index is 0.294. The molecule has 0 spiro atoms. The van der Waals surface area contributed by atoms with Crippen molar-refractivity contribution >= 4 is 11.6 Å². The van der Waals surface area contributed by atoms with Gasteiger partial charge in [-0.25, -0.2) is 0 Å². The summed E-state index contributed by atoms with van der Waals surface area (Å²) < 4.78 is 0. The number of carbonyl (C=O) groups excluding carboxylic acids is 1. The molecule has 0 fully saturated rings. The highest BCUT2D eigenvalue weighted by molar-refractivity contribution is 5.78. The maximum absolute atomic E-state index is 10.9. The Morgan fingerprint density at radius 1 is 1.44 bits per heavy atom. The molecule has 1 aromatic carbocycles. The standard InChI is InChI=1S/C13H20N2O/c1-3-10(2)9-15-12-7-5-4-6-11(12)8-13(14)16/h4-7,10,15H,3,8-9H2,1-2H3,(H2,14,16). The number of hydrogen-bond acceptors (Lipinski definition) is 2. The third-order valence-corrected chi connectivity index (χ3v) is 2.72. The van der Waals surface area contributed by atoms with E-state index < -0.39 is 0 Å². The van der Waals surface area contributed by atoms with Gasteiger partial charge in [-0.1, -0.05) is 38.5 Å². The molecule has 1 rings (SSSR count). The highest BCUT2D eigenvalue weighted by atomic mass is 16.1. The van der Waals surface area contributed by atoms with Crippen LogP contribution in [0.5, 0.6) is 0 Å². The van der Waals surface area contributed by atoms with E-state index in [4.69, 9.17) is 5.73 Å². The van der Waals surface area contributed by atoms with Gasteiger partial charge in [0.25, 0.3) is 0 Å². The molecule has 1 unspecified atom stereocenters. The third kappa shape index (κ3) is 3.93. The fourth-order valence-electron chi connectivity index (χ4n) is 1.46. The molecule has 0 saturated heterocycles. The van der Waals surface area contributed by atoms with Crippen molar-refractivity contribution in [3.8, 4) is 0 Å². The smallest absolute Gasteiger partial charge is 0.221 e. The fraction of sp³-hybridized carbons (Fsp3) is 0.462. The molecule has 1 amide bonds. The second kappa shape index (κ2) is 6.16. The van der Waals surface area contributed by atoms with E-state index in [0.717, 1.165) is 24.2 Å². The van der Waals surface area contributed by atoms with Crippen LogP contribution in [0.25, 0.3) is 0 Å². The zero-order chi connectivity index (χ0) is 12.0. The number of primary amides is 1. The van der Waals surface area contributed by atoms with Crippen molar-refractivity contribution in [3.63, 3.8) is 0 Å². The van der Waals surface area contributed by atoms with E-state index in [0.29, 0.717) is 12.3 Å². The Bertz CT molecular complexity index is 350. The number of nitrogens with one attached hydrogen (secondary N) is 1. The third-order valence-electron chi connectivity index (χ3n) is 2.72. The van der Waals surface area contributed by atoms with Crippen LogP contribution in [0.3, 0.4) is 0 Å². The predicted octanol–water partition coefficient (Wildman–Crippen LogP) is 2.17. The Balaban J connectivity index is 2.67. The quantitative estimate of drug-likeness (QED) is 0.772. The average Bonchev–Trinajstić information content (AvgIpc) is 2.26. The lowest BCUT2D eigenvalue weighted by Gasteiger charge is -2.14. The van der Waals surface area contributed by atoms with Crippen LogP contribution in [-0.2, 0) is 11.2 Å². The highest BCUT2D eigenvalue weighted by Crippen LogP contribution is 2.16. The van der Waals surface area contributed by atoms with Gasteiger partial charge in [-0.15, -0.1) is 0 Å². The maximum atomic E-state index is 10.9. The zero-order valence-electron chi connectivity index (χ0n) is 9.99. The number of benzene rings is 1. The van der Waals surface area contributed by atoms with Crippen molar-refractivity contribution in [2.24, 2.45) is 11.7 Å². The van der Waals surface area contributed by atoms with Gasteiger partial charge in [0.15, 0.2) is 0 Å². The molecule has 3 N–H and O–H groups in total. The number of anilines is 1. The van der Waals surface area contributed by atoms with Crippen LogP contribution >= 0.6 is 0 Å². The van der Waals surface area contributed by atoms with Gasteiger partial charge in [0, 0.05) is 12.2 Å². The van der Waals surface area contributed by atoms with Crippen molar-refractivity contribution < 1.29 is 4.79 Å². The van der Waals surface area contributed by atoms with Gasteiger partial charge in [-0.3, -0.25) is 4.79 Å². The van der Waals surface area contributed by atoms with E-state index in [9.17, 15) is 4.79 Å². The van der Waals surface area contributed by atoms with Gasteiger partial charge in [0.05, 0.1) is 6.42 Å². The number of carbonyl (C=O) groups is 1. The Hall–Kier alpha value is -1.51. The Morgan fingerprint density at radius 2 is 2.12 bits per heavy atom. The number of amides is 1. The van der Waals surface area contributed by atoms with Crippen molar-refractivity contribution in [2.75, 3.05) is 11.9 Å². The monoisotopic (exact) mass is 220 g/mol. The Morgan fingerprint density at radius 3 is 2.75 bits per heavy atom. The number of rotatable bonds is 6. The van der Waals surface area contributed by atoms with Crippen LogP contribution < -0.4 is 11.1 Å². The normalized spacial score (nSPS) is 12.1. The average molecular weight is 220 g/mol. The molecule has 16 heavy (non-hydrogen) atoms. The highest BCUT2D eigenvalue weighted by Gasteiger charge is 2.05. The van der Waals surface area contributed by atoms with E-state index in [-0.39, 0.29) is 5.91 Å². The van der Waals surface area contributed by atoms with E-state index in [1.165, 1.54) is 0 Å². The van der Waals surface area contributed by atoms with Gasteiger partial charge in [-0.05, 0) is 17.5 Å². The summed E-state index contributed by atoms with van der Waals surface area (Å²) in [6, 6.07) is 7.81. The Labute approximate surface area is 97.0 Å². The molecule has 0 aliphatic rings. The summed E-state index contributed by atoms with van der Waals surface area (Å²) in [5, 5.41) is 3.36. The van der Waals surface area contributed by atoms with Crippen molar-refractivity contribution in [3.05, 3.63) is 29.8 Å². The summed E-state index contributed by atoms with van der Waals surface area (Å²) in [6.45, 7) is 5.29. The summed E-state index contributed by atoms with van der Waals surface area (Å²) in [4.78, 5) is 10.9. The summed E-state index contributed by atoms with van der Waals surface area (Å²) in [7, 11) is 0. The first-order chi connectivity index (χ1) is 7.63. The topological polar surface area (TPSA) is 55.1 Å². The lowest BCUT2D eigenvalue weighted by atomic mass is 10.1. The molecular weight excluding hydrogens is 200 g/mol. The summed E-state index contributed by atoms with van der Waals surface area (Å²) >= 11 is 0. The second-order valence-electron chi connectivity index (χ2n) is 4.19. The van der Waals surface area contributed by atoms with Crippen LogP contribution in [0.15, 0.2) is 24.3 Å². The lowest BCUT2D eigenvalue weighted by Crippen LogP contribution is -2.16. The second-order valence-corrected chi connectivity index (χ2v) is 4.19. The van der Waals surface area contributed by atoms with Crippen LogP contribution in [0, 0.1) is 5.92 Å². The van der Waals surface area contributed by atoms with Gasteiger partial charge >= 0.3 is 0 Å². The molecule has 1 aromatic rings. The minimum Gasteiger partial charge on any atom is -0.385 e. The molecule has 1 atom stereocenters. The maximum Gasteiger partial charge on any atom is 0.221 e. The van der Waals surface area contributed by atoms with E-state index >= 15 is 0 Å². The van der Waals surface area contributed by atoms with Gasteiger partial charge in [-0.2, -0.15) is 0 Å². The summed E-state index contributed by atoms with van der Waals surface area (Å²) in [5.41, 5.74) is 7.19. The zero-order valence-corrected chi connectivity index (χ0v) is 9.99. The van der Waals surface area contributed by atoms with Crippen molar-refractivity contribution in [2.45, 2.75) is 26.7 Å². The molecule has 88 valence electrons. The molecule has 0 radical (unpaired) electrons. The van der Waals surface area contributed by atoms with E-state index in [1.807, 2.05) is 24.3 Å². The van der Waals surface area contributed by atoms with E-state index in [1.54, 1.807) is 0 Å². The predicted molar refractivity (Wildman–Crippen MR) is 67.3 cm³/mol. The van der Waals surface area contributed by atoms with Crippen molar-refractivity contribution in [1.29, 1.82) is 0 Å². The molecule has 0 aromatic heterocycles. The number of para-hydroxylation sites is 1. The largest absolute Gasteiger partial charge is 0.385 e. The lowest BCUT2D eigenvalue weighted by molar-refractivity contribution is -0.117. The first kappa shape index (κ1) is 12.6. The summed E-state index contributed by atoms with van der Waals surface area (Å²) in [6.07, 6.45) is 1.44. The van der Waals surface area contributed by atoms with Gasteiger partial charge in [0.2, 0.25) is 5.91 Å². The first-order valence-electron chi connectivity index (χ1n) is 5.73. The molecular formula is C13H20N2O. The first-order valence-corrected chi connectivity index (χ1v) is 5.73. The molecule has 3 heteroatoms. The van der Waals surface area contributed by atoms with Crippen LogP contribution in [0.4, 0.5) is 5.69 Å². The van der Waals surface area contributed by atoms with Crippen LogP contribution in [-0.4, -0.2) is 12.5 Å². The SMILES string of the molecule is CCC(C)CNc1ccccc1CC(N)=O. The minimum atomic E-state index is -0.294. The Kier molecular flexibility index (Phi) is 4.83. The van der Waals surface area contributed by atoms with Gasteiger partial charge < -0.3 is 11.1 Å². The molecule has 0 aliphatic heterocycles. The molecule has 0 bridgehead atoms. The summed E-state index contributed by atoms with van der Waals surface area (Å²) in [5.74, 6) is 0.333. The molecule has 0 heterocycles. The molecule has 3 nitrogen and oxygen atoms in total. The number of hydrogen-bond donors (Lipinski definition) is 2.